The molecule has 0 aromatic heterocycles. The molecule has 1 spiro atoms. The number of hydrogen-bond acceptors (Lipinski definition) is 3. The van der Waals surface area contributed by atoms with E-state index in [-0.39, 0.29) is 5.60 Å². The molecule has 2 aliphatic rings. The normalized spacial score (nSPS) is 30.2. The third-order valence-electron chi connectivity index (χ3n) is 3.55. The van der Waals surface area contributed by atoms with E-state index in [1.54, 1.807) is 0 Å². The molecule has 15 heavy (non-hydrogen) atoms. The van der Waals surface area contributed by atoms with Crippen LogP contribution in [0.3, 0.4) is 0 Å². The zero-order chi connectivity index (χ0) is 10.9. The van der Waals surface area contributed by atoms with E-state index in [2.05, 4.69) is 31.4 Å². The summed E-state index contributed by atoms with van der Waals surface area (Å²) in [5.74, 6) is 0. The van der Waals surface area contributed by atoms with E-state index in [1.165, 1.54) is 12.8 Å². The van der Waals surface area contributed by atoms with Crippen LogP contribution in [0.2, 0.25) is 0 Å². The lowest BCUT2D eigenvalue weighted by Gasteiger charge is -2.51. The van der Waals surface area contributed by atoms with Crippen molar-refractivity contribution in [1.82, 2.24) is 10.6 Å². The first kappa shape index (κ1) is 11.4. The van der Waals surface area contributed by atoms with E-state index in [4.69, 9.17) is 4.74 Å². The molecule has 2 heterocycles. The molecule has 0 bridgehead atoms. The Morgan fingerprint density at radius 3 is 2.60 bits per heavy atom. The highest BCUT2D eigenvalue weighted by Crippen LogP contribution is 2.30. The molecule has 88 valence electrons. The highest BCUT2D eigenvalue weighted by Gasteiger charge is 2.46. The molecule has 0 amide bonds. The Kier molecular flexibility index (Phi) is 3.06. The number of rotatable bonds is 2. The minimum atomic E-state index is 0.115. The van der Waals surface area contributed by atoms with Crippen molar-refractivity contribution in [2.45, 2.75) is 45.3 Å². The molecule has 3 nitrogen and oxygen atoms in total. The Morgan fingerprint density at radius 2 is 2.07 bits per heavy atom. The van der Waals surface area contributed by atoms with Crippen LogP contribution < -0.4 is 10.6 Å². The van der Waals surface area contributed by atoms with Crippen molar-refractivity contribution in [2.24, 2.45) is 5.41 Å². The SMILES string of the molecule is CC(C)(C)CCC1NCCOC12CNC2. The van der Waals surface area contributed by atoms with Gasteiger partial charge in [-0.1, -0.05) is 20.8 Å². The lowest BCUT2D eigenvalue weighted by Crippen LogP contribution is -2.73. The monoisotopic (exact) mass is 212 g/mol. The smallest absolute Gasteiger partial charge is 0.108 e. The predicted molar refractivity (Wildman–Crippen MR) is 62.0 cm³/mol. The van der Waals surface area contributed by atoms with Crippen LogP contribution in [0.15, 0.2) is 0 Å². The van der Waals surface area contributed by atoms with Crippen molar-refractivity contribution < 1.29 is 4.74 Å². The van der Waals surface area contributed by atoms with Crippen LogP contribution in [-0.4, -0.2) is 37.9 Å². The van der Waals surface area contributed by atoms with Gasteiger partial charge in [-0.15, -0.1) is 0 Å². The Hall–Kier alpha value is -0.120. The fourth-order valence-electron chi connectivity index (χ4n) is 2.44. The van der Waals surface area contributed by atoms with Gasteiger partial charge in [-0.25, -0.2) is 0 Å². The van der Waals surface area contributed by atoms with Gasteiger partial charge >= 0.3 is 0 Å². The predicted octanol–water partition coefficient (Wildman–Crippen LogP) is 1.14. The fourth-order valence-corrected chi connectivity index (χ4v) is 2.44. The quantitative estimate of drug-likeness (QED) is 0.720. The molecule has 0 aliphatic carbocycles. The van der Waals surface area contributed by atoms with Crippen LogP contribution in [-0.2, 0) is 4.74 Å². The van der Waals surface area contributed by atoms with Gasteiger partial charge < -0.3 is 15.4 Å². The van der Waals surface area contributed by atoms with Crippen LogP contribution in [0, 0.1) is 5.41 Å². The maximum atomic E-state index is 5.95. The van der Waals surface area contributed by atoms with Crippen LogP contribution in [0.1, 0.15) is 33.6 Å². The summed E-state index contributed by atoms with van der Waals surface area (Å²) in [4.78, 5) is 0. The van der Waals surface area contributed by atoms with Crippen molar-refractivity contribution in [3.63, 3.8) is 0 Å². The summed E-state index contributed by atoms with van der Waals surface area (Å²) < 4.78 is 5.95. The van der Waals surface area contributed by atoms with E-state index < -0.39 is 0 Å². The second kappa shape index (κ2) is 4.04. The van der Waals surface area contributed by atoms with Crippen molar-refractivity contribution >= 4 is 0 Å². The molecule has 2 N–H and O–H groups in total. The molecule has 3 heteroatoms. The van der Waals surface area contributed by atoms with Gasteiger partial charge in [-0.05, 0) is 18.3 Å². The van der Waals surface area contributed by atoms with Gasteiger partial charge in [0.2, 0.25) is 0 Å². The standard InChI is InChI=1S/C12H24N2O/c1-11(2,3)5-4-10-12(8-13-9-12)15-7-6-14-10/h10,13-14H,4-9H2,1-3H3. The third-order valence-corrected chi connectivity index (χ3v) is 3.55. The van der Waals surface area contributed by atoms with E-state index in [1.807, 2.05) is 0 Å². The number of morpholine rings is 1. The summed E-state index contributed by atoms with van der Waals surface area (Å²) in [7, 11) is 0. The van der Waals surface area contributed by atoms with Crippen molar-refractivity contribution in [3.05, 3.63) is 0 Å². The third kappa shape index (κ3) is 2.52. The minimum Gasteiger partial charge on any atom is -0.369 e. The Bertz CT molecular complexity index is 218. The summed E-state index contributed by atoms with van der Waals surface area (Å²) in [6.07, 6.45) is 2.49. The summed E-state index contributed by atoms with van der Waals surface area (Å²) in [5.41, 5.74) is 0.543. The second-order valence-electron chi connectivity index (χ2n) is 6.12. The van der Waals surface area contributed by atoms with Gasteiger partial charge in [-0.2, -0.15) is 0 Å². The van der Waals surface area contributed by atoms with Gasteiger partial charge in [0.1, 0.15) is 5.60 Å². The van der Waals surface area contributed by atoms with Crippen molar-refractivity contribution in [1.29, 1.82) is 0 Å². The van der Waals surface area contributed by atoms with E-state index in [0.29, 0.717) is 11.5 Å². The van der Waals surface area contributed by atoms with Crippen LogP contribution in [0.4, 0.5) is 0 Å². The average Bonchev–Trinajstić information content (AvgIpc) is 2.11. The molecule has 2 fully saturated rings. The maximum Gasteiger partial charge on any atom is 0.108 e. The van der Waals surface area contributed by atoms with Gasteiger partial charge in [0.05, 0.1) is 6.61 Å². The van der Waals surface area contributed by atoms with E-state index in [0.717, 1.165) is 26.2 Å². The highest BCUT2D eigenvalue weighted by molar-refractivity contribution is 5.05. The summed E-state index contributed by atoms with van der Waals surface area (Å²) in [6.45, 7) is 10.8. The molecule has 1 unspecified atom stereocenters. The molecular formula is C12H24N2O. The lowest BCUT2D eigenvalue weighted by molar-refractivity contribution is -0.129. The average molecular weight is 212 g/mol. The first-order chi connectivity index (χ1) is 7.02. The second-order valence-corrected chi connectivity index (χ2v) is 6.12. The maximum absolute atomic E-state index is 5.95. The largest absolute Gasteiger partial charge is 0.369 e. The Labute approximate surface area is 93.0 Å². The summed E-state index contributed by atoms with van der Waals surface area (Å²) in [5, 5.41) is 6.95. The van der Waals surface area contributed by atoms with Gasteiger partial charge in [-0.3, -0.25) is 0 Å². The molecule has 2 rings (SSSR count). The number of ether oxygens (including phenoxy) is 1. The first-order valence-electron chi connectivity index (χ1n) is 6.10. The number of hydrogen-bond donors (Lipinski definition) is 2. The van der Waals surface area contributed by atoms with Crippen molar-refractivity contribution in [3.8, 4) is 0 Å². The lowest BCUT2D eigenvalue weighted by atomic mass is 9.80. The minimum absolute atomic E-state index is 0.115. The molecule has 0 aromatic carbocycles. The molecule has 2 aliphatic heterocycles. The molecule has 0 saturated carbocycles. The fraction of sp³-hybridized carbons (Fsp3) is 1.00. The zero-order valence-electron chi connectivity index (χ0n) is 10.2. The van der Waals surface area contributed by atoms with E-state index >= 15 is 0 Å². The van der Waals surface area contributed by atoms with Crippen LogP contribution >= 0.6 is 0 Å². The summed E-state index contributed by atoms with van der Waals surface area (Å²) >= 11 is 0. The molecule has 0 aromatic rings. The Balaban J connectivity index is 1.88. The molecular weight excluding hydrogens is 188 g/mol. The van der Waals surface area contributed by atoms with Gasteiger partial charge in [0.15, 0.2) is 0 Å². The summed E-state index contributed by atoms with van der Waals surface area (Å²) in [6, 6.07) is 0.548. The Morgan fingerprint density at radius 1 is 1.33 bits per heavy atom. The number of nitrogens with one attached hydrogen (secondary N) is 2. The van der Waals surface area contributed by atoms with E-state index in [9.17, 15) is 0 Å². The van der Waals surface area contributed by atoms with Gasteiger partial charge in [0, 0.05) is 25.7 Å². The topological polar surface area (TPSA) is 33.3 Å². The molecule has 0 radical (unpaired) electrons. The van der Waals surface area contributed by atoms with Gasteiger partial charge in [0.25, 0.3) is 0 Å². The van der Waals surface area contributed by atoms with Crippen LogP contribution in [0.25, 0.3) is 0 Å². The zero-order valence-corrected chi connectivity index (χ0v) is 10.2. The van der Waals surface area contributed by atoms with Crippen LogP contribution in [0.5, 0.6) is 0 Å². The first-order valence-corrected chi connectivity index (χ1v) is 6.10. The molecule has 2 saturated heterocycles. The highest BCUT2D eigenvalue weighted by atomic mass is 16.5. The molecule has 1 atom stereocenters. The van der Waals surface area contributed by atoms with Crippen molar-refractivity contribution in [2.75, 3.05) is 26.2 Å².